The van der Waals surface area contributed by atoms with Crippen LogP contribution in [0.3, 0.4) is 0 Å². The first kappa shape index (κ1) is 17.8. The van der Waals surface area contributed by atoms with Gasteiger partial charge in [-0.2, -0.15) is 0 Å². The van der Waals surface area contributed by atoms with Crippen molar-refractivity contribution in [2.75, 3.05) is 0 Å². The number of hydrogen-bond acceptors (Lipinski definition) is 4. The molecule has 1 aliphatic rings. The fraction of sp³-hybridized carbons (Fsp3) is 0.500. The van der Waals surface area contributed by atoms with E-state index in [1.165, 1.54) is 0 Å². The molecule has 1 heterocycles. The lowest BCUT2D eigenvalue weighted by Crippen LogP contribution is -2.45. The van der Waals surface area contributed by atoms with Crippen LogP contribution < -0.4 is 0 Å². The van der Waals surface area contributed by atoms with Crippen LogP contribution in [0.2, 0.25) is 19.6 Å². The van der Waals surface area contributed by atoms with Crippen LogP contribution in [0, 0.1) is 5.92 Å². The minimum absolute atomic E-state index is 0.317. The van der Waals surface area contributed by atoms with Crippen molar-refractivity contribution in [3.8, 4) is 0 Å². The van der Waals surface area contributed by atoms with E-state index in [0.29, 0.717) is 11.0 Å². The van der Waals surface area contributed by atoms with Crippen molar-refractivity contribution in [3.63, 3.8) is 0 Å². The molecule has 2 atom stereocenters. The SMILES string of the molecule is C[C@H](C1=C([Si](C)(C)C)C(=O)OC(C)(C)O1)[C@@H](O)c1ccccc1. The van der Waals surface area contributed by atoms with Gasteiger partial charge in [-0.15, -0.1) is 0 Å². The van der Waals surface area contributed by atoms with E-state index < -0.39 is 20.0 Å². The highest BCUT2D eigenvalue weighted by Crippen LogP contribution is 2.39. The van der Waals surface area contributed by atoms with Crippen molar-refractivity contribution in [2.45, 2.75) is 52.3 Å². The summed E-state index contributed by atoms with van der Waals surface area (Å²) < 4.78 is 11.4. The van der Waals surface area contributed by atoms with Gasteiger partial charge in [-0.25, -0.2) is 4.79 Å². The average molecular weight is 334 g/mol. The molecule has 23 heavy (non-hydrogen) atoms. The van der Waals surface area contributed by atoms with Crippen LogP contribution in [0.15, 0.2) is 41.3 Å². The minimum atomic E-state index is -1.99. The van der Waals surface area contributed by atoms with Gasteiger partial charge in [0.2, 0.25) is 5.79 Å². The normalized spacial score (nSPS) is 20.6. The summed E-state index contributed by atoms with van der Waals surface area (Å²) in [5.74, 6) is -1.09. The van der Waals surface area contributed by atoms with E-state index in [9.17, 15) is 9.90 Å². The third kappa shape index (κ3) is 3.84. The van der Waals surface area contributed by atoms with E-state index in [-0.39, 0.29) is 11.9 Å². The van der Waals surface area contributed by atoms with Crippen molar-refractivity contribution in [3.05, 3.63) is 46.9 Å². The summed E-state index contributed by atoms with van der Waals surface area (Å²) in [5, 5.41) is 11.4. The Morgan fingerprint density at radius 3 is 2.17 bits per heavy atom. The van der Waals surface area contributed by atoms with Crippen LogP contribution in [0.5, 0.6) is 0 Å². The second kappa shape index (κ2) is 6.13. The molecule has 0 radical (unpaired) electrons. The standard InChI is InChI=1S/C18H26O4Si/c1-12(14(19)13-10-8-7-9-11-13)15-16(23(4,5)6)17(20)22-18(2,3)21-15/h7-12,14,19H,1-6H3/t12-,14+/m0/s1. The molecule has 0 fully saturated rings. The molecule has 1 aromatic rings. The lowest BCUT2D eigenvalue weighted by atomic mass is 9.95. The summed E-state index contributed by atoms with van der Waals surface area (Å²) in [6.45, 7) is 11.6. The topological polar surface area (TPSA) is 55.8 Å². The van der Waals surface area contributed by atoms with Crippen molar-refractivity contribution in [1.29, 1.82) is 0 Å². The fourth-order valence-corrected chi connectivity index (χ4v) is 4.47. The Labute approximate surface area is 139 Å². The van der Waals surface area contributed by atoms with Gasteiger partial charge in [0.1, 0.15) is 5.76 Å². The largest absolute Gasteiger partial charge is 0.457 e. The van der Waals surface area contributed by atoms with Gasteiger partial charge < -0.3 is 14.6 Å². The quantitative estimate of drug-likeness (QED) is 0.672. The lowest BCUT2D eigenvalue weighted by Gasteiger charge is -2.39. The molecule has 0 bridgehead atoms. The van der Waals surface area contributed by atoms with Gasteiger partial charge in [0.25, 0.3) is 0 Å². The molecule has 4 nitrogen and oxygen atoms in total. The summed E-state index contributed by atoms with van der Waals surface area (Å²) in [6, 6.07) is 9.44. The molecule has 1 N–H and O–H groups in total. The Morgan fingerprint density at radius 2 is 1.65 bits per heavy atom. The zero-order chi connectivity index (χ0) is 17.4. The first-order chi connectivity index (χ1) is 10.5. The molecule has 0 unspecified atom stereocenters. The van der Waals surface area contributed by atoms with Gasteiger partial charge in [0, 0.05) is 19.8 Å². The number of esters is 1. The molecule has 0 spiro atoms. The Morgan fingerprint density at radius 1 is 1.09 bits per heavy atom. The number of cyclic esters (lactones) is 1. The monoisotopic (exact) mass is 334 g/mol. The van der Waals surface area contributed by atoms with Crippen molar-refractivity contribution < 1.29 is 19.4 Å². The molecule has 5 heteroatoms. The Kier molecular flexibility index (Phi) is 4.73. The molecule has 2 rings (SSSR count). The summed E-state index contributed by atoms with van der Waals surface area (Å²) in [6.07, 6.45) is -0.737. The maximum Gasteiger partial charge on any atom is 0.336 e. The Hall–Kier alpha value is -1.59. The first-order valence-electron chi connectivity index (χ1n) is 7.93. The van der Waals surface area contributed by atoms with Crippen molar-refractivity contribution in [1.82, 2.24) is 0 Å². The van der Waals surface area contributed by atoms with E-state index in [0.717, 1.165) is 5.56 Å². The third-order valence-electron chi connectivity index (χ3n) is 3.92. The van der Waals surface area contributed by atoms with E-state index in [2.05, 4.69) is 19.6 Å². The van der Waals surface area contributed by atoms with Gasteiger partial charge in [-0.05, 0) is 5.56 Å². The molecule has 0 saturated carbocycles. The number of aliphatic hydroxyl groups excluding tert-OH is 1. The Bertz CT molecular complexity index is 614. The summed E-state index contributed by atoms with van der Waals surface area (Å²) in [4.78, 5) is 12.5. The molecule has 0 aromatic heterocycles. The van der Waals surface area contributed by atoms with Crippen LogP contribution in [0.4, 0.5) is 0 Å². The molecule has 126 valence electrons. The van der Waals surface area contributed by atoms with E-state index in [1.807, 2.05) is 37.3 Å². The fourth-order valence-electron chi connectivity index (χ4n) is 2.79. The number of hydrogen-bond donors (Lipinski definition) is 1. The molecular formula is C18H26O4Si. The summed E-state index contributed by atoms with van der Waals surface area (Å²) in [5.41, 5.74) is 0.808. The van der Waals surface area contributed by atoms with Crippen LogP contribution in [0.1, 0.15) is 32.4 Å². The predicted molar refractivity (Wildman–Crippen MR) is 92.2 cm³/mol. The van der Waals surface area contributed by atoms with Crippen molar-refractivity contribution in [2.24, 2.45) is 5.92 Å². The lowest BCUT2D eigenvalue weighted by molar-refractivity contribution is -0.211. The van der Waals surface area contributed by atoms with Crippen LogP contribution in [-0.2, 0) is 14.3 Å². The minimum Gasteiger partial charge on any atom is -0.457 e. The van der Waals surface area contributed by atoms with Crippen molar-refractivity contribution >= 4 is 14.0 Å². The summed E-state index contributed by atoms with van der Waals surface area (Å²) >= 11 is 0. The highest BCUT2D eigenvalue weighted by Gasteiger charge is 2.44. The number of rotatable bonds is 4. The van der Waals surface area contributed by atoms with Gasteiger partial charge in [-0.1, -0.05) is 56.9 Å². The van der Waals surface area contributed by atoms with E-state index in [4.69, 9.17) is 9.47 Å². The summed E-state index contributed by atoms with van der Waals surface area (Å²) in [7, 11) is -1.99. The number of ether oxygens (including phenoxy) is 2. The highest BCUT2D eigenvalue weighted by molar-refractivity contribution is 6.87. The Balaban J connectivity index is 2.48. The van der Waals surface area contributed by atoms with Crippen LogP contribution in [-0.4, -0.2) is 24.9 Å². The van der Waals surface area contributed by atoms with Gasteiger partial charge in [0.15, 0.2) is 0 Å². The predicted octanol–water partition coefficient (Wildman–Crippen LogP) is 3.80. The molecule has 0 amide bonds. The molecule has 0 saturated heterocycles. The van der Waals surface area contributed by atoms with Crippen LogP contribution in [0.25, 0.3) is 0 Å². The number of benzene rings is 1. The third-order valence-corrected chi connectivity index (χ3v) is 5.87. The molecular weight excluding hydrogens is 308 g/mol. The number of aliphatic hydroxyl groups is 1. The van der Waals surface area contributed by atoms with Gasteiger partial charge in [-0.3, -0.25) is 0 Å². The average Bonchev–Trinajstić information content (AvgIpc) is 2.43. The number of carbonyl (C=O) groups excluding carboxylic acids is 1. The zero-order valence-electron chi connectivity index (χ0n) is 14.7. The van der Waals surface area contributed by atoms with E-state index >= 15 is 0 Å². The smallest absolute Gasteiger partial charge is 0.336 e. The van der Waals surface area contributed by atoms with Gasteiger partial charge >= 0.3 is 5.97 Å². The molecule has 1 aromatic carbocycles. The zero-order valence-corrected chi connectivity index (χ0v) is 15.7. The molecule has 0 aliphatic carbocycles. The molecule has 1 aliphatic heterocycles. The number of carbonyl (C=O) groups is 1. The van der Waals surface area contributed by atoms with E-state index in [1.54, 1.807) is 13.8 Å². The first-order valence-corrected chi connectivity index (χ1v) is 11.4. The second-order valence-corrected chi connectivity index (χ2v) is 12.5. The maximum atomic E-state index is 12.5. The van der Waals surface area contributed by atoms with Gasteiger partial charge in [0.05, 0.1) is 19.4 Å². The highest BCUT2D eigenvalue weighted by atomic mass is 28.3. The maximum absolute atomic E-state index is 12.5. The van der Waals surface area contributed by atoms with Crippen LogP contribution >= 0.6 is 0 Å². The second-order valence-electron chi connectivity index (χ2n) is 7.52.